The second-order valence-corrected chi connectivity index (χ2v) is 2.70. The van der Waals surface area contributed by atoms with Crippen molar-refractivity contribution in [3.63, 3.8) is 0 Å². The van der Waals surface area contributed by atoms with Gasteiger partial charge < -0.3 is 61.0 Å². The summed E-state index contributed by atoms with van der Waals surface area (Å²) in [5, 5.41) is 65.4. The van der Waals surface area contributed by atoms with E-state index in [-0.39, 0.29) is 39.1 Å². The van der Waals surface area contributed by atoms with Crippen LogP contribution in [0.25, 0.3) is 0 Å². The second kappa shape index (κ2) is 25.8. The Labute approximate surface area is 186 Å². The molecule has 0 amide bonds. The van der Waals surface area contributed by atoms with Crippen LogP contribution in [0.3, 0.4) is 0 Å². The van der Waals surface area contributed by atoms with Crippen LogP contribution in [0.5, 0.6) is 0 Å². The number of carboxylic acid groups (broad SMARTS) is 4. The third kappa shape index (κ3) is 32.5. The van der Waals surface area contributed by atoms with Gasteiger partial charge in [0.05, 0.1) is 0 Å². The van der Waals surface area contributed by atoms with E-state index < -0.39 is 47.8 Å². The molecule has 163 valence electrons. The van der Waals surface area contributed by atoms with Gasteiger partial charge in [0.1, 0.15) is 0 Å². The predicted octanol–water partition coefficient (Wildman–Crippen LogP) is -8.83. The zero-order chi connectivity index (χ0) is 23.4. The summed E-state index contributed by atoms with van der Waals surface area (Å²) in [5.41, 5.74) is 0. The Bertz CT molecular complexity index is 494. The van der Waals surface area contributed by atoms with Crippen LogP contribution in [-0.2, 0) is 79.6 Å². The first kappa shape index (κ1) is 41.3. The first-order chi connectivity index (χ1) is 12.7. The molecule has 0 saturated carbocycles. The normalized spacial score (nSPS) is 7.07. The number of carbonyl (C=O) groups is 8. The van der Waals surface area contributed by atoms with Gasteiger partial charge in [0, 0.05) is 17.4 Å². The van der Waals surface area contributed by atoms with Crippen molar-refractivity contribution < 1.29 is 121 Å². The van der Waals surface area contributed by atoms with E-state index in [4.69, 9.17) is 41.5 Å². The van der Waals surface area contributed by atoms with E-state index in [0.29, 0.717) is 0 Å². The molecule has 0 saturated heterocycles. The monoisotopic (exact) mass is 495 g/mol. The van der Waals surface area contributed by atoms with Crippen molar-refractivity contribution in [3.05, 3.63) is 0 Å². The number of carbonyl (C=O) groups excluding carboxylic acids is 4. The van der Waals surface area contributed by atoms with Crippen LogP contribution in [-0.4, -0.2) is 85.5 Å². The zero-order valence-corrected chi connectivity index (χ0v) is 16.1. The molecular formula is C8H4AlO20Ti. The molecule has 0 aliphatic heterocycles. The average molecular weight is 495 g/mol. The molecule has 0 aromatic heterocycles. The number of aliphatic carboxylic acids is 4. The van der Waals surface area contributed by atoms with Crippen molar-refractivity contribution in [3.8, 4) is 0 Å². The van der Waals surface area contributed by atoms with Crippen LogP contribution in [0.1, 0.15) is 0 Å². The second-order valence-electron chi connectivity index (χ2n) is 2.70. The van der Waals surface area contributed by atoms with Gasteiger partial charge in [-0.15, -0.1) is 0 Å². The molecule has 0 unspecified atom stereocenters. The van der Waals surface area contributed by atoms with Crippen molar-refractivity contribution in [2.45, 2.75) is 0 Å². The summed E-state index contributed by atoms with van der Waals surface area (Å²) in [6, 6.07) is 0. The van der Waals surface area contributed by atoms with Crippen LogP contribution in [0, 0.1) is 0 Å². The maximum absolute atomic E-state index is 9.38. The Morgan fingerprint density at radius 3 is 0.533 bits per heavy atom. The molecule has 30 heavy (non-hydrogen) atoms. The third-order valence-corrected chi connectivity index (χ3v) is 1.00. The molecule has 22 heteroatoms. The standard InChI is InChI=1S/4C2H2O5.Al.Ti/c4*3-1(4)2(5)7-6;;/h4*6H,(H,3,4);;/q;;;;;+4/p-4. The number of hydrogen-bond donors (Lipinski definition) is 4. The van der Waals surface area contributed by atoms with Gasteiger partial charge in [0.15, 0.2) is 0 Å². The van der Waals surface area contributed by atoms with E-state index in [1.165, 1.54) is 0 Å². The maximum atomic E-state index is 9.38. The Morgan fingerprint density at radius 2 is 0.533 bits per heavy atom. The van der Waals surface area contributed by atoms with E-state index in [2.05, 4.69) is 19.6 Å². The van der Waals surface area contributed by atoms with Crippen LogP contribution >= 0.6 is 0 Å². The molecule has 0 bridgehead atoms. The van der Waals surface area contributed by atoms with Crippen molar-refractivity contribution in [2.75, 3.05) is 0 Å². The van der Waals surface area contributed by atoms with Crippen LogP contribution in [0.15, 0.2) is 0 Å². The molecule has 0 fully saturated rings. The Morgan fingerprint density at radius 1 is 0.433 bits per heavy atom. The van der Waals surface area contributed by atoms with Crippen molar-refractivity contribution in [1.82, 2.24) is 0 Å². The summed E-state index contributed by atoms with van der Waals surface area (Å²) in [6.45, 7) is 0. The van der Waals surface area contributed by atoms with Gasteiger partial charge >= 0.3 is 69.5 Å². The molecule has 0 atom stereocenters. The molecule has 0 spiro atoms. The summed E-state index contributed by atoms with van der Waals surface area (Å²) in [7, 11) is 0. The van der Waals surface area contributed by atoms with Gasteiger partial charge in [0.25, 0.3) is 0 Å². The Balaban J connectivity index is -0.0000000626. The summed E-state index contributed by atoms with van der Waals surface area (Å²) in [5.74, 6) is -14.7. The molecule has 0 aliphatic carbocycles. The number of rotatable bonds is 0. The minimum absolute atomic E-state index is 0. The fraction of sp³-hybridized carbons (Fsp3) is 0. The summed E-state index contributed by atoms with van der Waals surface area (Å²) in [6.07, 6.45) is 0. The van der Waals surface area contributed by atoms with Gasteiger partial charge in [-0.25, -0.2) is 38.4 Å². The van der Waals surface area contributed by atoms with Crippen molar-refractivity contribution in [2.24, 2.45) is 0 Å². The van der Waals surface area contributed by atoms with Crippen LogP contribution in [0.4, 0.5) is 0 Å². The molecular weight excluding hydrogens is 491 g/mol. The predicted molar refractivity (Wildman–Crippen MR) is 60.7 cm³/mol. The van der Waals surface area contributed by atoms with Crippen molar-refractivity contribution in [1.29, 1.82) is 0 Å². The van der Waals surface area contributed by atoms with Crippen LogP contribution < -0.4 is 21.0 Å². The zero-order valence-electron chi connectivity index (χ0n) is 13.4. The van der Waals surface area contributed by atoms with E-state index >= 15 is 0 Å². The molecule has 0 heterocycles. The number of hydrogen-bond acceptors (Lipinski definition) is 16. The average Bonchev–Trinajstić information content (AvgIpc) is 2.66. The van der Waals surface area contributed by atoms with E-state index in [9.17, 15) is 38.4 Å². The molecule has 0 rings (SSSR count). The molecule has 0 aromatic carbocycles. The van der Waals surface area contributed by atoms with Crippen LogP contribution in [0.2, 0.25) is 0 Å². The first-order valence-electron chi connectivity index (χ1n) is 5.01. The topological polar surface area (TPSA) is 347 Å². The molecule has 0 aromatic rings. The maximum Gasteiger partial charge on any atom is 4.00 e. The smallest absolute Gasteiger partial charge is 0.661 e. The minimum atomic E-state index is -1.88. The van der Waals surface area contributed by atoms with Gasteiger partial charge in [0.2, 0.25) is 0 Å². The SMILES string of the molecule is O=C(O)C(=O)O[O-].O=C(O)C(=O)O[O-].O=C(O)C(=O)O[O-].O=C(O)C(=O)O[O-].[Al].[Ti+4]. The molecule has 3 radical (unpaired) electrons. The quantitative estimate of drug-likeness (QED) is 0.105. The summed E-state index contributed by atoms with van der Waals surface area (Å²) < 4.78 is 0. The fourth-order valence-corrected chi connectivity index (χ4v) is 0.143. The fourth-order valence-electron chi connectivity index (χ4n) is 0.143. The van der Waals surface area contributed by atoms with E-state index in [0.717, 1.165) is 0 Å². The Kier molecular flexibility index (Phi) is 35.6. The number of carboxylic acids is 4. The van der Waals surface area contributed by atoms with Gasteiger partial charge in [-0.2, -0.15) is 0 Å². The first-order valence-corrected chi connectivity index (χ1v) is 5.01. The summed E-state index contributed by atoms with van der Waals surface area (Å²) >= 11 is 0. The molecule has 0 aliphatic rings. The van der Waals surface area contributed by atoms with Gasteiger partial charge in [-0.1, -0.05) is 0 Å². The minimum Gasteiger partial charge on any atom is -0.661 e. The van der Waals surface area contributed by atoms with Gasteiger partial charge in [-0.05, 0) is 0 Å². The largest absolute Gasteiger partial charge is 4.00 e. The van der Waals surface area contributed by atoms with E-state index in [1.54, 1.807) is 0 Å². The molecule has 20 nitrogen and oxygen atoms in total. The summed E-state index contributed by atoms with van der Waals surface area (Å²) in [4.78, 5) is 84.6. The third-order valence-electron chi connectivity index (χ3n) is 1.00. The van der Waals surface area contributed by atoms with Gasteiger partial charge in [-0.3, -0.25) is 0 Å². The Hall–Kier alpha value is -3.15. The molecule has 4 N–H and O–H groups in total. The van der Waals surface area contributed by atoms with E-state index in [1.807, 2.05) is 0 Å². The van der Waals surface area contributed by atoms with Crippen molar-refractivity contribution >= 4 is 65.1 Å².